The van der Waals surface area contributed by atoms with Crippen LogP contribution < -0.4 is 0 Å². The number of ketones is 1. The van der Waals surface area contributed by atoms with Crippen molar-refractivity contribution in [2.24, 2.45) is 5.92 Å². The summed E-state index contributed by atoms with van der Waals surface area (Å²) >= 11 is 0. The molecule has 1 fully saturated rings. The van der Waals surface area contributed by atoms with Gasteiger partial charge in [0.1, 0.15) is 0 Å². The zero-order chi connectivity index (χ0) is 11.5. The Morgan fingerprint density at radius 3 is 2.75 bits per heavy atom. The quantitative estimate of drug-likeness (QED) is 0.724. The highest BCUT2D eigenvalue weighted by molar-refractivity contribution is 5.97. The van der Waals surface area contributed by atoms with Crippen molar-refractivity contribution in [3.63, 3.8) is 0 Å². The number of ether oxygens (including phenoxy) is 1. The molecule has 0 spiro atoms. The summed E-state index contributed by atoms with van der Waals surface area (Å²) < 4.78 is 30.8. The summed E-state index contributed by atoms with van der Waals surface area (Å²) in [7, 11) is 0. The first kappa shape index (κ1) is 11.2. The van der Waals surface area contributed by atoms with Gasteiger partial charge in [-0.3, -0.25) is 4.79 Å². The average Bonchev–Trinajstić information content (AvgIpc) is 2.33. The first-order chi connectivity index (χ1) is 7.68. The second kappa shape index (κ2) is 4.70. The van der Waals surface area contributed by atoms with Crippen LogP contribution in [0.4, 0.5) is 8.78 Å². The first-order valence-electron chi connectivity index (χ1n) is 5.25. The van der Waals surface area contributed by atoms with E-state index < -0.39 is 11.6 Å². The fourth-order valence-corrected chi connectivity index (χ4v) is 1.83. The second-order valence-corrected chi connectivity index (χ2v) is 3.91. The zero-order valence-electron chi connectivity index (χ0n) is 8.71. The minimum absolute atomic E-state index is 0.168. The predicted molar refractivity (Wildman–Crippen MR) is 54.2 cm³/mol. The Morgan fingerprint density at radius 2 is 2.12 bits per heavy atom. The normalized spacial score (nSPS) is 20.8. The third kappa shape index (κ3) is 2.27. The van der Waals surface area contributed by atoms with Gasteiger partial charge in [-0.1, -0.05) is 0 Å². The van der Waals surface area contributed by atoms with Crippen LogP contribution in [0, 0.1) is 17.6 Å². The predicted octanol–water partition coefficient (Wildman–Crippen LogP) is 2.57. The number of hydrogen-bond donors (Lipinski definition) is 0. The molecular weight excluding hydrogens is 214 g/mol. The Bertz CT molecular complexity index is 398. The highest BCUT2D eigenvalue weighted by atomic mass is 19.2. The lowest BCUT2D eigenvalue weighted by Crippen LogP contribution is -2.25. The molecule has 0 amide bonds. The van der Waals surface area contributed by atoms with Gasteiger partial charge in [0.05, 0.1) is 6.61 Å². The van der Waals surface area contributed by atoms with Gasteiger partial charge in [0, 0.05) is 18.1 Å². The molecule has 1 aromatic carbocycles. The molecule has 16 heavy (non-hydrogen) atoms. The molecule has 1 aliphatic heterocycles. The molecule has 0 saturated carbocycles. The van der Waals surface area contributed by atoms with E-state index in [0.717, 1.165) is 25.0 Å². The first-order valence-corrected chi connectivity index (χ1v) is 5.25. The number of benzene rings is 1. The lowest BCUT2D eigenvalue weighted by molar-refractivity contribution is 0.0461. The summed E-state index contributed by atoms with van der Waals surface area (Å²) in [4.78, 5) is 11.9. The Morgan fingerprint density at radius 1 is 1.31 bits per heavy atom. The molecule has 1 unspecified atom stereocenters. The van der Waals surface area contributed by atoms with E-state index >= 15 is 0 Å². The van der Waals surface area contributed by atoms with E-state index in [-0.39, 0.29) is 17.3 Å². The molecule has 2 nitrogen and oxygen atoms in total. The highest BCUT2D eigenvalue weighted by Gasteiger charge is 2.23. The van der Waals surface area contributed by atoms with Crippen molar-refractivity contribution in [1.29, 1.82) is 0 Å². The van der Waals surface area contributed by atoms with Crippen LogP contribution in [-0.2, 0) is 4.74 Å². The van der Waals surface area contributed by atoms with Gasteiger partial charge in [-0.05, 0) is 31.0 Å². The van der Waals surface area contributed by atoms with Crippen molar-refractivity contribution in [2.75, 3.05) is 13.2 Å². The molecule has 1 heterocycles. The third-order valence-corrected chi connectivity index (χ3v) is 2.74. The lowest BCUT2D eigenvalue weighted by Gasteiger charge is -2.20. The smallest absolute Gasteiger partial charge is 0.168 e. The molecule has 1 saturated heterocycles. The van der Waals surface area contributed by atoms with Crippen LogP contribution in [-0.4, -0.2) is 19.0 Å². The Balaban J connectivity index is 2.16. The van der Waals surface area contributed by atoms with Gasteiger partial charge in [0.15, 0.2) is 17.4 Å². The monoisotopic (exact) mass is 226 g/mol. The number of halogens is 2. The van der Waals surface area contributed by atoms with Crippen LogP contribution in [0.3, 0.4) is 0 Å². The maximum atomic E-state index is 12.9. The summed E-state index contributed by atoms with van der Waals surface area (Å²) in [5.41, 5.74) is 0.217. The molecule has 1 aromatic rings. The minimum Gasteiger partial charge on any atom is -0.381 e. The van der Waals surface area contributed by atoms with Gasteiger partial charge in [-0.25, -0.2) is 8.78 Å². The number of hydrogen-bond acceptors (Lipinski definition) is 2. The van der Waals surface area contributed by atoms with Crippen LogP contribution in [0.15, 0.2) is 18.2 Å². The standard InChI is InChI=1S/C12H12F2O2/c13-10-4-3-8(6-11(10)14)12(15)9-2-1-5-16-7-9/h3-4,6,9H,1-2,5,7H2. The fraction of sp³-hybridized carbons (Fsp3) is 0.417. The van der Waals surface area contributed by atoms with Crippen LogP contribution in [0.1, 0.15) is 23.2 Å². The average molecular weight is 226 g/mol. The van der Waals surface area contributed by atoms with Crippen LogP contribution in [0.25, 0.3) is 0 Å². The van der Waals surface area contributed by atoms with Crippen molar-refractivity contribution in [3.05, 3.63) is 35.4 Å². The van der Waals surface area contributed by atoms with Gasteiger partial charge >= 0.3 is 0 Å². The molecule has 2 rings (SSSR count). The second-order valence-electron chi connectivity index (χ2n) is 3.91. The summed E-state index contributed by atoms with van der Waals surface area (Å²) in [5, 5.41) is 0. The molecule has 0 bridgehead atoms. The molecule has 1 aliphatic rings. The molecule has 4 heteroatoms. The molecule has 0 aromatic heterocycles. The van der Waals surface area contributed by atoms with E-state index in [1.807, 2.05) is 0 Å². The number of carbonyl (C=O) groups is 1. The Kier molecular flexibility index (Phi) is 3.29. The zero-order valence-corrected chi connectivity index (χ0v) is 8.71. The Labute approximate surface area is 92.2 Å². The van der Waals surface area contributed by atoms with Crippen LogP contribution in [0.2, 0.25) is 0 Å². The van der Waals surface area contributed by atoms with E-state index in [4.69, 9.17) is 4.74 Å². The van der Waals surface area contributed by atoms with Crippen LogP contribution in [0.5, 0.6) is 0 Å². The lowest BCUT2D eigenvalue weighted by atomic mass is 9.93. The maximum Gasteiger partial charge on any atom is 0.168 e. The molecule has 1 atom stereocenters. The van der Waals surface area contributed by atoms with Crippen molar-refractivity contribution in [1.82, 2.24) is 0 Å². The third-order valence-electron chi connectivity index (χ3n) is 2.74. The number of rotatable bonds is 2. The number of Topliss-reactive ketones (excluding diaryl/α,β-unsaturated/α-hetero) is 1. The van der Waals surface area contributed by atoms with Gasteiger partial charge in [0.25, 0.3) is 0 Å². The van der Waals surface area contributed by atoms with Gasteiger partial charge < -0.3 is 4.74 Å². The minimum atomic E-state index is -0.984. The van der Waals surface area contributed by atoms with Crippen LogP contribution >= 0.6 is 0 Å². The Hall–Kier alpha value is -1.29. The molecule has 86 valence electrons. The van der Waals surface area contributed by atoms with Gasteiger partial charge in [-0.15, -0.1) is 0 Å². The van der Waals surface area contributed by atoms with Crippen molar-refractivity contribution < 1.29 is 18.3 Å². The maximum absolute atomic E-state index is 12.9. The summed E-state index contributed by atoms with van der Waals surface area (Å²) in [6.45, 7) is 1.04. The van der Waals surface area contributed by atoms with Gasteiger partial charge in [-0.2, -0.15) is 0 Å². The van der Waals surface area contributed by atoms with E-state index in [0.29, 0.717) is 13.2 Å². The summed E-state index contributed by atoms with van der Waals surface area (Å²) in [5.74, 6) is -2.31. The van der Waals surface area contributed by atoms with E-state index in [1.165, 1.54) is 6.07 Å². The molecular formula is C12H12F2O2. The SMILES string of the molecule is O=C(c1ccc(F)c(F)c1)C1CCCOC1. The molecule has 0 aliphatic carbocycles. The van der Waals surface area contributed by atoms with E-state index in [1.54, 1.807) is 0 Å². The molecule has 0 N–H and O–H groups in total. The topological polar surface area (TPSA) is 26.3 Å². The summed E-state index contributed by atoms with van der Waals surface area (Å²) in [6.07, 6.45) is 1.58. The highest BCUT2D eigenvalue weighted by Crippen LogP contribution is 2.20. The van der Waals surface area contributed by atoms with E-state index in [2.05, 4.69) is 0 Å². The largest absolute Gasteiger partial charge is 0.381 e. The van der Waals surface area contributed by atoms with Crippen molar-refractivity contribution in [2.45, 2.75) is 12.8 Å². The summed E-state index contributed by atoms with van der Waals surface area (Å²) in [6, 6.07) is 3.24. The number of carbonyl (C=O) groups excluding carboxylic acids is 1. The fourth-order valence-electron chi connectivity index (χ4n) is 1.83. The molecule has 0 radical (unpaired) electrons. The van der Waals surface area contributed by atoms with Crippen molar-refractivity contribution in [3.8, 4) is 0 Å². The van der Waals surface area contributed by atoms with Gasteiger partial charge in [0.2, 0.25) is 0 Å². The van der Waals surface area contributed by atoms with E-state index in [9.17, 15) is 13.6 Å². The van der Waals surface area contributed by atoms with Crippen molar-refractivity contribution >= 4 is 5.78 Å².